The number of hydrogen-bond acceptors (Lipinski definition) is 4. The number of benzene rings is 1. The molecular weight excluding hydrogens is 226 g/mol. The minimum atomic E-state index is -3.14. The van der Waals surface area contributed by atoms with E-state index in [4.69, 9.17) is 4.74 Å². The fourth-order valence-electron chi connectivity index (χ4n) is 1.72. The predicted molar refractivity (Wildman–Crippen MR) is 61.1 cm³/mol. The third-order valence-corrected chi connectivity index (χ3v) is 3.70. The molecule has 0 radical (unpaired) electrons. The van der Waals surface area contributed by atoms with Crippen molar-refractivity contribution < 1.29 is 13.2 Å². The van der Waals surface area contributed by atoms with Gasteiger partial charge in [0.05, 0.1) is 17.6 Å². The first-order valence-electron chi connectivity index (χ1n) is 5.20. The topological polar surface area (TPSA) is 55.4 Å². The van der Waals surface area contributed by atoms with Crippen LogP contribution in [0.3, 0.4) is 0 Å². The summed E-state index contributed by atoms with van der Waals surface area (Å²) in [6.07, 6.45) is 1.17. The van der Waals surface area contributed by atoms with Crippen LogP contribution in [-0.4, -0.2) is 34.4 Å². The van der Waals surface area contributed by atoms with Gasteiger partial charge in [-0.3, -0.25) is 0 Å². The van der Waals surface area contributed by atoms with Crippen LogP contribution in [0, 0.1) is 0 Å². The molecule has 1 heterocycles. The van der Waals surface area contributed by atoms with Crippen molar-refractivity contribution in [3.05, 3.63) is 29.8 Å². The lowest BCUT2D eigenvalue weighted by atomic mass is 10.1. The Morgan fingerprint density at radius 3 is 2.88 bits per heavy atom. The van der Waals surface area contributed by atoms with Crippen LogP contribution in [0.1, 0.15) is 11.7 Å². The van der Waals surface area contributed by atoms with Gasteiger partial charge in [-0.1, -0.05) is 12.1 Å². The molecule has 1 aliphatic rings. The van der Waals surface area contributed by atoms with Crippen molar-refractivity contribution in [2.45, 2.75) is 11.0 Å². The number of ether oxygens (including phenoxy) is 1. The van der Waals surface area contributed by atoms with Gasteiger partial charge in [-0.05, 0) is 17.7 Å². The van der Waals surface area contributed by atoms with Crippen LogP contribution in [0.4, 0.5) is 0 Å². The van der Waals surface area contributed by atoms with Crippen molar-refractivity contribution in [1.82, 2.24) is 5.32 Å². The third kappa shape index (κ3) is 2.61. The molecule has 1 saturated heterocycles. The number of sulfone groups is 1. The molecule has 1 fully saturated rings. The smallest absolute Gasteiger partial charge is 0.175 e. The molecule has 88 valence electrons. The van der Waals surface area contributed by atoms with E-state index in [1.807, 2.05) is 6.07 Å². The highest BCUT2D eigenvalue weighted by Gasteiger charge is 2.17. The quantitative estimate of drug-likeness (QED) is 0.830. The summed E-state index contributed by atoms with van der Waals surface area (Å²) in [6, 6.07) is 6.94. The monoisotopic (exact) mass is 241 g/mol. The maximum absolute atomic E-state index is 11.4. The number of nitrogens with one attached hydrogen (secondary N) is 1. The Bertz CT molecular complexity index is 464. The SMILES string of the molecule is CS(=O)(=O)c1cccc(C2CNCCO2)c1. The van der Waals surface area contributed by atoms with Gasteiger partial charge in [0.1, 0.15) is 0 Å². The van der Waals surface area contributed by atoms with Gasteiger partial charge in [0.2, 0.25) is 0 Å². The van der Waals surface area contributed by atoms with Crippen LogP contribution in [-0.2, 0) is 14.6 Å². The van der Waals surface area contributed by atoms with Crippen molar-refractivity contribution in [3.63, 3.8) is 0 Å². The Kier molecular flexibility index (Phi) is 3.28. The molecule has 1 atom stereocenters. The summed E-state index contributed by atoms with van der Waals surface area (Å²) in [5.41, 5.74) is 0.912. The minimum absolute atomic E-state index is 0.0459. The van der Waals surface area contributed by atoms with E-state index in [-0.39, 0.29) is 6.10 Å². The third-order valence-electron chi connectivity index (χ3n) is 2.59. The maximum atomic E-state index is 11.4. The average molecular weight is 241 g/mol. The van der Waals surface area contributed by atoms with E-state index in [2.05, 4.69) is 5.32 Å². The molecule has 0 spiro atoms. The van der Waals surface area contributed by atoms with E-state index in [0.29, 0.717) is 11.5 Å². The highest BCUT2D eigenvalue weighted by atomic mass is 32.2. The van der Waals surface area contributed by atoms with Gasteiger partial charge in [-0.2, -0.15) is 0 Å². The number of morpholine rings is 1. The van der Waals surface area contributed by atoms with Crippen molar-refractivity contribution in [1.29, 1.82) is 0 Å². The van der Waals surface area contributed by atoms with Gasteiger partial charge in [-0.25, -0.2) is 8.42 Å². The second-order valence-electron chi connectivity index (χ2n) is 3.91. The van der Waals surface area contributed by atoms with E-state index >= 15 is 0 Å². The van der Waals surface area contributed by atoms with Crippen LogP contribution in [0.2, 0.25) is 0 Å². The zero-order valence-corrected chi connectivity index (χ0v) is 9.96. The fraction of sp³-hybridized carbons (Fsp3) is 0.455. The molecule has 1 aliphatic heterocycles. The Morgan fingerprint density at radius 1 is 1.44 bits per heavy atom. The number of rotatable bonds is 2. The van der Waals surface area contributed by atoms with Gasteiger partial charge < -0.3 is 10.1 Å². The lowest BCUT2D eigenvalue weighted by molar-refractivity contribution is 0.0276. The van der Waals surface area contributed by atoms with Crippen LogP contribution >= 0.6 is 0 Å². The van der Waals surface area contributed by atoms with Crippen molar-refractivity contribution >= 4 is 9.84 Å². The molecule has 0 amide bonds. The summed E-state index contributed by atoms with van der Waals surface area (Å²) in [4.78, 5) is 0.346. The van der Waals surface area contributed by atoms with Gasteiger partial charge >= 0.3 is 0 Å². The molecule has 1 aromatic rings. The standard InChI is InChI=1S/C11H15NO3S/c1-16(13,14)10-4-2-3-9(7-10)11-8-12-5-6-15-11/h2-4,7,11-12H,5-6,8H2,1H3. The first-order chi connectivity index (χ1) is 7.57. The molecule has 5 heteroatoms. The maximum Gasteiger partial charge on any atom is 0.175 e. The average Bonchev–Trinajstić information content (AvgIpc) is 2.29. The number of hydrogen-bond donors (Lipinski definition) is 1. The van der Waals surface area contributed by atoms with Crippen molar-refractivity contribution in [2.24, 2.45) is 0 Å². The van der Waals surface area contributed by atoms with Gasteiger partial charge in [0.15, 0.2) is 9.84 Å². The van der Waals surface area contributed by atoms with Crippen LogP contribution in [0.5, 0.6) is 0 Å². The Labute approximate surface area is 95.5 Å². The van der Waals surface area contributed by atoms with E-state index in [1.165, 1.54) is 6.26 Å². The van der Waals surface area contributed by atoms with Gasteiger partial charge in [-0.15, -0.1) is 0 Å². The van der Waals surface area contributed by atoms with Crippen LogP contribution in [0.15, 0.2) is 29.2 Å². The Hall–Kier alpha value is -0.910. The largest absolute Gasteiger partial charge is 0.371 e. The van der Waals surface area contributed by atoms with Crippen molar-refractivity contribution in [2.75, 3.05) is 26.0 Å². The first-order valence-corrected chi connectivity index (χ1v) is 7.09. The normalized spacial score (nSPS) is 21.9. The van der Waals surface area contributed by atoms with Crippen molar-refractivity contribution in [3.8, 4) is 0 Å². The second-order valence-corrected chi connectivity index (χ2v) is 5.92. The van der Waals surface area contributed by atoms with Gasteiger partial charge in [0, 0.05) is 19.3 Å². The summed E-state index contributed by atoms with van der Waals surface area (Å²) in [5, 5.41) is 3.22. The van der Waals surface area contributed by atoms with Gasteiger partial charge in [0.25, 0.3) is 0 Å². The lowest BCUT2D eigenvalue weighted by Gasteiger charge is -2.24. The Morgan fingerprint density at radius 2 is 2.25 bits per heavy atom. The Balaban J connectivity index is 2.28. The predicted octanol–water partition coefficient (Wildman–Crippen LogP) is 0.751. The summed E-state index contributed by atoms with van der Waals surface area (Å²) in [7, 11) is -3.14. The molecule has 1 unspecified atom stereocenters. The molecule has 0 aromatic heterocycles. The molecule has 16 heavy (non-hydrogen) atoms. The molecule has 0 bridgehead atoms. The molecule has 0 saturated carbocycles. The van der Waals surface area contributed by atoms with E-state index in [9.17, 15) is 8.42 Å². The van der Waals surface area contributed by atoms with E-state index in [0.717, 1.165) is 18.7 Å². The zero-order valence-electron chi connectivity index (χ0n) is 9.14. The highest BCUT2D eigenvalue weighted by Crippen LogP contribution is 2.21. The van der Waals surface area contributed by atoms with E-state index < -0.39 is 9.84 Å². The van der Waals surface area contributed by atoms with Crippen LogP contribution in [0.25, 0.3) is 0 Å². The van der Waals surface area contributed by atoms with E-state index in [1.54, 1.807) is 18.2 Å². The zero-order chi connectivity index (χ0) is 11.6. The molecular formula is C11H15NO3S. The molecule has 1 aromatic carbocycles. The highest BCUT2D eigenvalue weighted by molar-refractivity contribution is 7.90. The fourth-order valence-corrected chi connectivity index (χ4v) is 2.40. The first kappa shape index (κ1) is 11.6. The summed E-state index contributed by atoms with van der Waals surface area (Å²) < 4.78 is 28.4. The minimum Gasteiger partial charge on any atom is -0.371 e. The molecule has 4 nitrogen and oxygen atoms in total. The summed E-state index contributed by atoms with van der Waals surface area (Å²) >= 11 is 0. The van der Waals surface area contributed by atoms with Crippen LogP contribution < -0.4 is 5.32 Å². The molecule has 1 N–H and O–H groups in total. The lowest BCUT2D eigenvalue weighted by Crippen LogP contribution is -2.33. The summed E-state index contributed by atoms with van der Waals surface area (Å²) in [6.45, 7) is 2.24. The molecule has 0 aliphatic carbocycles. The summed E-state index contributed by atoms with van der Waals surface area (Å²) in [5.74, 6) is 0. The second kappa shape index (κ2) is 4.53. The molecule has 2 rings (SSSR count).